The standard InChI is InChI=1S/C15H20N2O2/c1-2-3-9-16-15(19)12-10-14(18)17(11-12)13-7-5-4-6-8-13/h4-8,12H,2-3,9-11H2,1H3,(H,16,19)/t12-/m1/s1. The van der Waals surface area contributed by atoms with E-state index in [1.54, 1.807) is 4.90 Å². The van der Waals surface area contributed by atoms with Crippen LogP contribution in [-0.2, 0) is 9.59 Å². The zero-order valence-corrected chi connectivity index (χ0v) is 11.3. The second-order valence-corrected chi connectivity index (χ2v) is 4.89. The van der Waals surface area contributed by atoms with E-state index in [4.69, 9.17) is 0 Å². The van der Waals surface area contributed by atoms with E-state index < -0.39 is 0 Å². The van der Waals surface area contributed by atoms with Gasteiger partial charge in [-0.25, -0.2) is 0 Å². The minimum absolute atomic E-state index is 0.000214. The lowest BCUT2D eigenvalue weighted by Gasteiger charge is -2.16. The van der Waals surface area contributed by atoms with Crippen molar-refractivity contribution in [1.82, 2.24) is 5.32 Å². The lowest BCUT2D eigenvalue weighted by Crippen LogP contribution is -2.33. The van der Waals surface area contributed by atoms with Gasteiger partial charge in [-0.2, -0.15) is 0 Å². The van der Waals surface area contributed by atoms with Gasteiger partial charge in [0.25, 0.3) is 0 Å². The Kier molecular flexibility index (Phi) is 4.55. The summed E-state index contributed by atoms with van der Waals surface area (Å²) in [6.07, 6.45) is 2.35. The van der Waals surface area contributed by atoms with Gasteiger partial charge in [0.15, 0.2) is 0 Å². The van der Waals surface area contributed by atoms with E-state index in [9.17, 15) is 9.59 Å². The fourth-order valence-corrected chi connectivity index (χ4v) is 2.27. The van der Waals surface area contributed by atoms with Gasteiger partial charge < -0.3 is 10.2 Å². The molecule has 1 saturated heterocycles. The number of amides is 2. The molecule has 1 aliphatic rings. The van der Waals surface area contributed by atoms with Crippen molar-refractivity contribution in [3.63, 3.8) is 0 Å². The number of benzene rings is 1. The molecule has 1 aliphatic heterocycles. The highest BCUT2D eigenvalue weighted by Crippen LogP contribution is 2.24. The first-order valence-corrected chi connectivity index (χ1v) is 6.85. The summed E-state index contributed by atoms with van der Waals surface area (Å²) in [6.45, 7) is 3.27. The Bertz CT molecular complexity index is 445. The SMILES string of the molecule is CCCCNC(=O)[C@@H]1CC(=O)N(c2ccccc2)C1. The minimum atomic E-state index is -0.218. The molecule has 19 heavy (non-hydrogen) atoms. The van der Waals surface area contributed by atoms with Crippen LogP contribution >= 0.6 is 0 Å². The van der Waals surface area contributed by atoms with Crippen molar-refractivity contribution in [2.24, 2.45) is 5.92 Å². The lowest BCUT2D eigenvalue weighted by molar-refractivity contribution is -0.126. The van der Waals surface area contributed by atoms with Gasteiger partial charge in [-0.1, -0.05) is 31.5 Å². The van der Waals surface area contributed by atoms with Crippen LogP contribution in [0.5, 0.6) is 0 Å². The molecule has 1 fully saturated rings. The summed E-state index contributed by atoms with van der Waals surface area (Å²) in [5.41, 5.74) is 0.872. The van der Waals surface area contributed by atoms with Crippen LogP contribution in [0.2, 0.25) is 0 Å². The molecule has 0 radical (unpaired) electrons. The molecule has 2 amide bonds. The van der Waals surface area contributed by atoms with Crippen LogP contribution in [0.25, 0.3) is 0 Å². The zero-order valence-electron chi connectivity index (χ0n) is 11.3. The first-order chi connectivity index (χ1) is 9.22. The van der Waals surface area contributed by atoms with Crippen LogP contribution in [0.15, 0.2) is 30.3 Å². The van der Waals surface area contributed by atoms with E-state index in [0.29, 0.717) is 19.5 Å². The van der Waals surface area contributed by atoms with Crippen molar-refractivity contribution in [2.45, 2.75) is 26.2 Å². The van der Waals surface area contributed by atoms with Crippen LogP contribution in [0, 0.1) is 5.92 Å². The number of rotatable bonds is 5. The van der Waals surface area contributed by atoms with Crippen molar-refractivity contribution in [3.05, 3.63) is 30.3 Å². The Morgan fingerprint density at radius 3 is 2.79 bits per heavy atom. The minimum Gasteiger partial charge on any atom is -0.356 e. The Labute approximate surface area is 113 Å². The van der Waals surface area contributed by atoms with Gasteiger partial charge in [-0.15, -0.1) is 0 Å². The van der Waals surface area contributed by atoms with Crippen molar-refractivity contribution >= 4 is 17.5 Å². The summed E-state index contributed by atoms with van der Waals surface area (Å²) in [5, 5.41) is 2.90. The summed E-state index contributed by atoms with van der Waals surface area (Å²) in [5.74, 6) is -0.188. The molecule has 1 N–H and O–H groups in total. The second kappa shape index (κ2) is 6.36. The topological polar surface area (TPSA) is 49.4 Å². The predicted molar refractivity (Wildman–Crippen MR) is 74.8 cm³/mol. The average Bonchev–Trinajstić information content (AvgIpc) is 2.82. The lowest BCUT2D eigenvalue weighted by atomic mass is 10.1. The fourth-order valence-electron chi connectivity index (χ4n) is 2.27. The monoisotopic (exact) mass is 260 g/mol. The third kappa shape index (κ3) is 3.34. The van der Waals surface area contributed by atoms with E-state index in [0.717, 1.165) is 18.5 Å². The van der Waals surface area contributed by atoms with E-state index in [-0.39, 0.29) is 17.7 Å². The van der Waals surface area contributed by atoms with Crippen LogP contribution < -0.4 is 10.2 Å². The van der Waals surface area contributed by atoms with Gasteiger partial charge in [0.2, 0.25) is 11.8 Å². The molecule has 2 rings (SSSR count). The summed E-state index contributed by atoms with van der Waals surface area (Å²) >= 11 is 0. The van der Waals surface area contributed by atoms with E-state index in [1.165, 1.54) is 0 Å². The molecular formula is C15H20N2O2. The number of hydrogen-bond acceptors (Lipinski definition) is 2. The average molecular weight is 260 g/mol. The van der Waals surface area contributed by atoms with Gasteiger partial charge in [-0.3, -0.25) is 9.59 Å². The van der Waals surface area contributed by atoms with E-state index in [1.807, 2.05) is 30.3 Å². The van der Waals surface area contributed by atoms with Gasteiger partial charge in [-0.05, 0) is 18.6 Å². The molecule has 4 heteroatoms. The Morgan fingerprint density at radius 1 is 1.37 bits per heavy atom. The largest absolute Gasteiger partial charge is 0.356 e. The molecule has 0 unspecified atom stereocenters. The first kappa shape index (κ1) is 13.6. The molecule has 0 bridgehead atoms. The fraction of sp³-hybridized carbons (Fsp3) is 0.467. The van der Waals surface area contributed by atoms with Crippen LogP contribution in [-0.4, -0.2) is 24.9 Å². The van der Waals surface area contributed by atoms with Crippen molar-refractivity contribution in [3.8, 4) is 0 Å². The van der Waals surface area contributed by atoms with E-state index >= 15 is 0 Å². The molecule has 102 valence electrons. The molecule has 1 atom stereocenters. The maximum Gasteiger partial charge on any atom is 0.227 e. The van der Waals surface area contributed by atoms with Crippen LogP contribution in [0.4, 0.5) is 5.69 Å². The molecule has 1 heterocycles. The summed E-state index contributed by atoms with van der Waals surface area (Å²) < 4.78 is 0. The summed E-state index contributed by atoms with van der Waals surface area (Å²) in [7, 11) is 0. The quantitative estimate of drug-likeness (QED) is 0.823. The number of nitrogens with zero attached hydrogens (tertiary/aromatic N) is 1. The number of anilines is 1. The summed E-state index contributed by atoms with van der Waals surface area (Å²) in [6, 6.07) is 9.51. The predicted octanol–water partition coefficient (Wildman–Crippen LogP) is 1.96. The number of carbonyl (C=O) groups is 2. The molecule has 0 aliphatic carbocycles. The number of hydrogen-bond donors (Lipinski definition) is 1. The van der Waals surface area contributed by atoms with Crippen LogP contribution in [0.3, 0.4) is 0 Å². The molecule has 1 aromatic carbocycles. The Hall–Kier alpha value is -1.84. The van der Waals surface area contributed by atoms with Gasteiger partial charge in [0, 0.05) is 25.2 Å². The van der Waals surface area contributed by atoms with Gasteiger partial charge in [0.1, 0.15) is 0 Å². The first-order valence-electron chi connectivity index (χ1n) is 6.85. The Balaban J connectivity index is 1.94. The highest BCUT2D eigenvalue weighted by atomic mass is 16.2. The highest BCUT2D eigenvalue weighted by Gasteiger charge is 2.34. The number of unbranched alkanes of at least 4 members (excludes halogenated alkanes) is 1. The molecule has 1 aromatic rings. The molecule has 4 nitrogen and oxygen atoms in total. The molecule has 0 saturated carbocycles. The third-order valence-electron chi connectivity index (χ3n) is 3.39. The smallest absolute Gasteiger partial charge is 0.227 e. The maximum atomic E-state index is 12.0. The van der Waals surface area contributed by atoms with E-state index in [2.05, 4.69) is 12.2 Å². The maximum absolute atomic E-state index is 12.0. The number of carbonyl (C=O) groups excluding carboxylic acids is 2. The van der Waals surface area contributed by atoms with Crippen LogP contribution in [0.1, 0.15) is 26.2 Å². The Morgan fingerprint density at radius 2 is 2.11 bits per heavy atom. The number of para-hydroxylation sites is 1. The van der Waals surface area contributed by atoms with Crippen molar-refractivity contribution in [1.29, 1.82) is 0 Å². The van der Waals surface area contributed by atoms with Gasteiger partial charge in [0.05, 0.1) is 5.92 Å². The second-order valence-electron chi connectivity index (χ2n) is 4.89. The molecular weight excluding hydrogens is 240 g/mol. The zero-order chi connectivity index (χ0) is 13.7. The third-order valence-corrected chi connectivity index (χ3v) is 3.39. The highest BCUT2D eigenvalue weighted by molar-refractivity contribution is 6.00. The van der Waals surface area contributed by atoms with Gasteiger partial charge >= 0.3 is 0 Å². The molecule has 0 aromatic heterocycles. The number of nitrogens with one attached hydrogen (secondary N) is 1. The van der Waals surface area contributed by atoms with Crippen molar-refractivity contribution < 1.29 is 9.59 Å². The molecule has 0 spiro atoms. The van der Waals surface area contributed by atoms with Crippen molar-refractivity contribution in [2.75, 3.05) is 18.0 Å². The summed E-state index contributed by atoms with van der Waals surface area (Å²) in [4.78, 5) is 25.6. The normalized spacial score (nSPS) is 18.7.